The summed E-state index contributed by atoms with van der Waals surface area (Å²) in [6.45, 7) is 4.32. The molecule has 1 amide bonds. The summed E-state index contributed by atoms with van der Waals surface area (Å²) in [4.78, 5) is 21.8. The summed E-state index contributed by atoms with van der Waals surface area (Å²) >= 11 is 1.14. The molecular formula is C11H19NO3S. The molecule has 0 aliphatic heterocycles. The molecular weight excluding hydrogens is 226 g/mol. The Morgan fingerprint density at radius 3 is 2.62 bits per heavy atom. The lowest BCUT2D eigenvalue weighted by atomic mass is 9.87. The quantitative estimate of drug-likeness (QED) is 0.770. The fourth-order valence-electron chi connectivity index (χ4n) is 2.06. The van der Waals surface area contributed by atoms with E-state index in [-0.39, 0.29) is 28.9 Å². The Labute approximate surface area is 100 Å². The summed E-state index contributed by atoms with van der Waals surface area (Å²) in [7, 11) is 0. The number of nitrogens with one attached hydrogen (secondary N) is 1. The van der Waals surface area contributed by atoms with Crippen LogP contribution in [-0.2, 0) is 9.59 Å². The Hall–Kier alpha value is -0.710. The summed E-state index contributed by atoms with van der Waals surface area (Å²) in [5, 5.41) is 11.4. The minimum Gasteiger partial charge on any atom is -0.481 e. The van der Waals surface area contributed by atoms with Gasteiger partial charge in [0.05, 0.1) is 11.5 Å². The Morgan fingerprint density at radius 2 is 2.12 bits per heavy atom. The third-order valence-electron chi connectivity index (χ3n) is 3.05. The first-order valence-electron chi connectivity index (χ1n) is 5.51. The molecule has 1 aliphatic rings. The van der Waals surface area contributed by atoms with Gasteiger partial charge in [0.1, 0.15) is 0 Å². The van der Waals surface area contributed by atoms with Gasteiger partial charge in [-0.15, -0.1) is 11.8 Å². The second-order valence-electron chi connectivity index (χ2n) is 4.89. The van der Waals surface area contributed by atoms with Gasteiger partial charge in [0.2, 0.25) is 5.91 Å². The molecule has 2 N–H and O–H groups in total. The van der Waals surface area contributed by atoms with E-state index in [0.29, 0.717) is 0 Å². The molecule has 92 valence electrons. The van der Waals surface area contributed by atoms with Gasteiger partial charge in [-0.05, 0) is 18.3 Å². The number of hydrogen-bond acceptors (Lipinski definition) is 3. The molecule has 0 radical (unpaired) electrons. The van der Waals surface area contributed by atoms with E-state index in [1.54, 1.807) is 0 Å². The van der Waals surface area contributed by atoms with Crippen molar-refractivity contribution in [2.24, 2.45) is 5.41 Å². The summed E-state index contributed by atoms with van der Waals surface area (Å²) in [5.74, 6) is -0.703. The van der Waals surface area contributed by atoms with E-state index < -0.39 is 5.97 Å². The van der Waals surface area contributed by atoms with Crippen molar-refractivity contribution in [3.63, 3.8) is 0 Å². The van der Waals surface area contributed by atoms with Crippen LogP contribution in [0.25, 0.3) is 0 Å². The van der Waals surface area contributed by atoms with E-state index in [4.69, 9.17) is 5.11 Å². The molecule has 16 heavy (non-hydrogen) atoms. The van der Waals surface area contributed by atoms with Gasteiger partial charge in [0.15, 0.2) is 0 Å². The molecule has 0 saturated heterocycles. The number of carboxylic acid groups (broad SMARTS) is 1. The summed E-state index contributed by atoms with van der Waals surface area (Å²) in [5.41, 5.74) is 0.174. The number of thioether (sulfide) groups is 1. The van der Waals surface area contributed by atoms with Crippen molar-refractivity contribution in [2.75, 3.05) is 11.5 Å². The summed E-state index contributed by atoms with van der Waals surface area (Å²) in [6.07, 6.45) is 3.32. The van der Waals surface area contributed by atoms with Gasteiger partial charge >= 0.3 is 5.97 Å². The van der Waals surface area contributed by atoms with E-state index in [0.717, 1.165) is 31.0 Å². The largest absolute Gasteiger partial charge is 0.481 e. The van der Waals surface area contributed by atoms with E-state index >= 15 is 0 Å². The SMILES string of the molecule is CC1(C)CCCC1NC(=O)CSCC(=O)O. The predicted octanol–water partition coefficient (Wildman–Crippen LogP) is 1.50. The zero-order chi connectivity index (χ0) is 12.2. The number of amides is 1. The van der Waals surface area contributed by atoms with Crippen LogP contribution < -0.4 is 5.32 Å². The van der Waals surface area contributed by atoms with E-state index in [1.807, 2.05) is 0 Å². The molecule has 4 nitrogen and oxygen atoms in total. The maximum atomic E-state index is 11.5. The maximum absolute atomic E-state index is 11.5. The minimum atomic E-state index is -0.876. The Morgan fingerprint density at radius 1 is 1.44 bits per heavy atom. The van der Waals surface area contributed by atoms with Crippen LogP contribution in [0.5, 0.6) is 0 Å². The third-order valence-corrected chi connectivity index (χ3v) is 3.97. The van der Waals surface area contributed by atoms with E-state index in [9.17, 15) is 9.59 Å². The van der Waals surface area contributed by atoms with Crippen molar-refractivity contribution in [1.29, 1.82) is 0 Å². The van der Waals surface area contributed by atoms with Crippen LogP contribution in [0.3, 0.4) is 0 Å². The molecule has 0 heterocycles. The van der Waals surface area contributed by atoms with Crippen LogP contribution in [0.4, 0.5) is 0 Å². The molecule has 0 aromatic rings. The van der Waals surface area contributed by atoms with Crippen LogP contribution in [0.15, 0.2) is 0 Å². The van der Waals surface area contributed by atoms with Crippen molar-refractivity contribution in [1.82, 2.24) is 5.32 Å². The van der Waals surface area contributed by atoms with Crippen LogP contribution in [0, 0.1) is 5.41 Å². The standard InChI is InChI=1S/C11H19NO3S/c1-11(2)5-3-4-8(11)12-9(13)6-16-7-10(14)15/h8H,3-7H2,1-2H3,(H,12,13)(H,14,15). The molecule has 0 bridgehead atoms. The van der Waals surface area contributed by atoms with Crippen LogP contribution >= 0.6 is 11.8 Å². The van der Waals surface area contributed by atoms with Crippen LogP contribution in [-0.4, -0.2) is 34.5 Å². The minimum absolute atomic E-state index is 0.0124. The number of carbonyl (C=O) groups excluding carboxylic acids is 1. The van der Waals surface area contributed by atoms with Crippen molar-refractivity contribution in [2.45, 2.75) is 39.2 Å². The lowest BCUT2D eigenvalue weighted by molar-refractivity contribution is -0.133. The van der Waals surface area contributed by atoms with E-state index in [1.165, 1.54) is 0 Å². The molecule has 1 rings (SSSR count). The van der Waals surface area contributed by atoms with E-state index in [2.05, 4.69) is 19.2 Å². The smallest absolute Gasteiger partial charge is 0.313 e. The van der Waals surface area contributed by atoms with Gasteiger partial charge in [0, 0.05) is 6.04 Å². The first-order chi connectivity index (χ1) is 7.42. The highest BCUT2D eigenvalue weighted by Crippen LogP contribution is 2.37. The van der Waals surface area contributed by atoms with Crippen molar-refractivity contribution in [3.05, 3.63) is 0 Å². The van der Waals surface area contributed by atoms with Crippen LogP contribution in [0.2, 0.25) is 0 Å². The highest BCUT2D eigenvalue weighted by atomic mass is 32.2. The molecule has 0 spiro atoms. The number of aliphatic carboxylic acids is 1. The van der Waals surface area contributed by atoms with Gasteiger partial charge in [0.25, 0.3) is 0 Å². The molecule has 1 aliphatic carbocycles. The average Bonchev–Trinajstić information content (AvgIpc) is 2.45. The fourth-order valence-corrected chi connectivity index (χ4v) is 2.61. The number of hydrogen-bond donors (Lipinski definition) is 2. The number of rotatable bonds is 5. The molecule has 1 saturated carbocycles. The van der Waals surface area contributed by atoms with Gasteiger partial charge in [-0.25, -0.2) is 0 Å². The zero-order valence-corrected chi connectivity index (χ0v) is 10.6. The van der Waals surface area contributed by atoms with Crippen LogP contribution in [0.1, 0.15) is 33.1 Å². The topological polar surface area (TPSA) is 66.4 Å². The normalized spacial score (nSPS) is 23.0. The third kappa shape index (κ3) is 4.04. The van der Waals surface area contributed by atoms with Crippen molar-refractivity contribution < 1.29 is 14.7 Å². The first-order valence-corrected chi connectivity index (χ1v) is 6.66. The second kappa shape index (κ2) is 5.57. The zero-order valence-electron chi connectivity index (χ0n) is 9.78. The Kier molecular flexibility index (Phi) is 4.65. The van der Waals surface area contributed by atoms with Gasteiger partial charge in [-0.1, -0.05) is 20.3 Å². The molecule has 5 heteroatoms. The molecule has 1 atom stereocenters. The molecule has 0 aromatic carbocycles. The Balaban J connectivity index is 2.26. The average molecular weight is 245 g/mol. The Bertz CT molecular complexity index is 278. The maximum Gasteiger partial charge on any atom is 0.313 e. The fraction of sp³-hybridized carbons (Fsp3) is 0.818. The summed E-state index contributed by atoms with van der Waals surface area (Å²) in [6, 6.07) is 0.241. The molecule has 0 aromatic heterocycles. The molecule has 1 fully saturated rings. The van der Waals surface area contributed by atoms with Crippen molar-refractivity contribution in [3.8, 4) is 0 Å². The number of carbonyl (C=O) groups is 2. The van der Waals surface area contributed by atoms with Gasteiger partial charge < -0.3 is 10.4 Å². The highest BCUT2D eigenvalue weighted by Gasteiger charge is 2.35. The van der Waals surface area contributed by atoms with Crippen molar-refractivity contribution >= 4 is 23.6 Å². The lowest BCUT2D eigenvalue weighted by Gasteiger charge is -2.27. The van der Waals surface area contributed by atoms with Gasteiger partial charge in [-0.2, -0.15) is 0 Å². The van der Waals surface area contributed by atoms with Gasteiger partial charge in [-0.3, -0.25) is 9.59 Å². The summed E-state index contributed by atoms with van der Waals surface area (Å²) < 4.78 is 0. The number of carboxylic acids is 1. The highest BCUT2D eigenvalue weighted by molar-refractivity contribution is 8.00. The first kappa shape index (κ1) is 13.4. The molecule has 1 unspecified atom stereocenters. The lowest BCUT2D eigenvalue weighted by Crippen LogP contribution is -2.42. The monoisotopic (exact) mass is 245 g/mol. The second-order valence-corrected chi connectivity index (χ2v) is 5.87. The predicted molar refractivity (Wildman–Crippen MR) is 64.5 cm³/mol.